The van der Waals surface area contributed by atoms with E-state index >= 15 is 0 Å². The summed E-state index contributed by atoms with van der Waals surface area (Å²) in [5.74, 6) is 0. The zero-order valence-corrected chi connectivity index (χ0v) is 12.3. The molecule has 1 aromatic rings. The molecule has 1 aliphatic heterocycles. The van der Waals surface area contributed by atoms with Crippen molar-refractivity contribution in [2.45, 2.75) is 51.6 Å². The van der Waals surface area contributed by atoms with Gasteiger partial charge in [-0.1, -0.05) is 0 Å². The molecule has 0 spiro atoms. The summed E-state index contributed by atoms with van der Waals surface area (Å²) in [6, 6.07) is 5.82. The van der Waals surface area contributed by atoms with Gasteiger partial charge in [0, 0.05) is 30.9 Å². The molecule has 1 aliphatic carbocycles. The molecule has 0 bridgehead atoms. The van der Waals surface area contributed by atoms with E-state index in [1.54, 1.807) is 0 Å². The number of anilines is 1. The minimum absolute atomic E-state index is 0.660. The van der Waals surface area contributed by atoms with Crippen molar-refractivity contribution in [1.29, 1.82) is 5.26 Å². The summed E-state index contributed by atoms with van der Waals surface area (Å²) >= 11 is 0. The summed E-state index contributed by atoms with van der Waals surface area (Å²) in [7, 11) is 0. The number of pyridine rings is 1. The van der Waals surface area contributed by atoms with Gasteiger partial charge in [-0.15, -0.1) is 0 Å². The predicted molar refractivity (Wildman–Crippen MR) is 79.8 cm³/mol. The average molecular weight is 270 g/mol. The van der Waals surface area contributed by atoms with Crippen LogP contribution in [0.3, 0.4) is 0 Å². The van der Waals surface area contributed by atoms with E-state index in [1.807, 2.05) is 13.8 Å². The van der Waals surface area contributed by atoms with E-state index in [0.29, 0.717) is 6.04 Å². The first kappa shape index (κ1) is 13.4. The third-order valence-electron chi connectivity index (χ3n) is 4.30. The van der Waals surface area contributed by atoms with E-state index < -0.39 is 0 Å². The summed E-state index contributed by atoms with van der Waals surface area (Å²) in [5, 5.41) is 13.1. The molecule has 2 fully saturated rings. The fraction of sp³-hybridized carbons (Fsp3) is 0.625. The summed E-state index contributed by atoms with van der Waals surface area (Å²) in [6.07, 6.45) is 5.03. The first-order valence-corrected chi connectivity index (χ1v) is 7.56. The normalized spacial score (nSPS) is 19.9. The number of rotatable bonds is 3. The van der Waals surface area contributed by atoms with Crippen LogP contribution >= 0.6 is 0 Å². The summed E-state index contributed by atoms with van der Waals surface area (Å²) < 4.78 is 0. The molecule has 1 saturated heterocycles. The number of nitrogens with zero attached hydrogens (tertiary/aromatic N) is 3. The van der Waals surface area contributed by atoms with Crippen molar-refractivity contribution >= 4 is 5.69 Å². The summed E-state index contributed by atoms with van der Waals surface area (Å²) in [4.78, 5) is 6.75. The van der Waals surface area contributed by atoms with Gasteiger partial charge in [-0.2, -0.15) is 5.26 Å². The van der Waals surface area contributed by atoms with Crippen molar-refractivity contribution in [1.82, 2.24) is 10.3 Å². The minimum Gasteiger partial charge on any atom is -0.370 e. The lowest BCUT2D eigenvalue weighted by Gasteiger charge is -2.34. The molecule has 0 aromatic carbocycles. The topological polar surface area (TPSA) is 52.0 Å². The Morgan fingerprint density at radius 3 is 2.45 bits per heavy atom. The molecule has 0 amide bonds. The standard InChI is InChI=1S/C16H22N4/c1-11-9-16(15(10-17)12(2)18-11)20-7-5-14(6-8-20)19-13-3-4-13/h9,13-14,19H,3-8H2,1-2H3. The summed E-state index contributed by atoms with van der Waals surface area (Å²) in [5.41, 5.74) is 3.65. The van der Waals surface area contributed by atoms with Crippen molar-refractivity contribution in [3.8, 4) is 6.07 Å². The number of piperidine rings is 1. The highest BCUT2D eigenvalue weighted by atomic mass is 15.2. The minimum atomic E-state index is 0.660. The van der Waals surface area contributed by atoms with Gasteiger partial charge in [0.05, 0.1) is 16.9 Å². The SMILES string of the molecule is Cc1cc(N2CCC(NC3CC3)CC2)c(C#N)c(C)n1. The van der Waals surface area contributed by atoms with Crippen LogP contribution in [-0.2, 0) is 0 Å². The number of hydrogen-bond acceptors (Lipinski definition) is 4. The molecule has 0 radical (unpaired) electrons. The fourth-order valence-electron chi connectivity index (χ4n) is 3.07. The van der Waals surface area contributed by atoms with E-state index in [-0.39, 0.29) is 0 Å². The van der Waals surface area contributed by atoms with Crippen LogP contribution in [0, 0.1) is 25.2 Å². The van der Waals surface area contributed by atoms with E-state index in [9.17, 15) is 5.26 Å². The molecule has 4 heteroatoms. The lowest BCUT2D eigenvalue weighted by Crippen LogP contribution is -2.43. The van der Waals surface area contributed by atoms with Crippen molar-refractivity contribution in [2.75, 3.05) is 18.0 Å². The Morgan fingerprint density at radius 1 is 1.20 bits per heavy atom. The highest BCUT2D eigenvalue weighted by Crippen LogP contribution is 2.27. The molecule has 1 aromatic heterocycles. The van der Waals surface area contributed by atoms with E-state index in [4.69, 9.17) is 0 Å². The zero-order chi connectivity index (χ0) is 14.1. The van der Waals surface area contributed by atoms with Gasteiger partial charge < -0.3 is 10.2 Å². The van der Waals surface area contributed by atoms with Gasteiger partial charge in [0.1, 0.15) is 6.07 Å². The monoisotopic (exact) mass is 270 g/mol. The Labute approximate surface area is 120 Å². The lowest BCUT2D eigenvalue weighted by molar-refractivity contribution is 0.412. The maximum absolute atomic E-state index is 9.37. The van der Waals surface area contributed by atoms with Crippen LogP contribution in [0.5, 0.6) is 0 Å². The number of hydrogen-bond donors (Lipinski definition) is 1. The van der Waals surface area contributed by atoms with Gasteiger partial charge in [0.15, 0.2) is 0 Å². The molecular weight excluding hydrogens is 248 g/mol. The predicted octanol–water partition coefficient (Wildman–Crippen LogP) is 2.29. The average Bonchev–Trinajstić information content (AvgIpc) is 3.23. The maximum Gasteiger partial charge on any atom is 0.103 e. The van der Waals surface area contributed by atoms with Crippen LogP contribution < -0.4 is 10.2 Å². The second-order valence-electron chi connectivity index (χ2n) is 6.06. The Bertz CT molecular complexity index is 534. The molecule has 0 unspecified atom stereocenters. The van der Waals surface area contributed by atoms with Gasteiger partial charge in [0.25, 0.3) is 0 Å². The van der Waals surface area contributed by atoms with Crippen LogP contribution in [-0.4, -0.2) is 30.2 Å². The first-order chi connectivity index (χ1) is 9.67. The molecule has 20 heavy (non-hydrogen) atoms. The Morgan fingerprint density at radius 2 is 1.85 bits per heavy atom. The van der Waals surface area contributed by atoms with Crippen molar-refractivity contribution in [3.63, 3.8) is 0 Å². The third-order valence-corrected chi connectivity index (χ3v) is 4.30. The zero-order valence-electron chi connectivity index (χ0n) is 12.3. The molecule has 4 nitrogen and oxygen atoms in total. The van der Waals surface area contributed by atoms with Crippen LogP contribution in [0.15, 0.2) is 6.07 Å². The van der Waals surface area contributed by atoms with Crippen molar-refractivity contribution < 1.29 is 0 Å². The third kappa shape index (κ3) is 2.78. The molecule has 106 valence electrons. The fourth-order valence-corrected chi connectivity index (χ4v) is 3.07. The molecule has 2 heterocycles. The second-order valence-corrected chi connectivity index (χ2v) is 6.06. The van der Waals surface area contributed by atoms with Crippen LogP contribution in [0.2, 0.25) is 0 Å². The number of aryl methyl sites for hydroxylation is 2. The van der Waals surface area contributed by atoms with Crippen LogP contribution in [0.25, 0.3) is 0 Å². The number of nitrogens with one attached hydrogen (secondary N) is 1. The number of aromatic nitrogens is 1. The summed E-state index contributed by atoms with van der Waals surface area (Å²) in [6.45, 7) is 5.99. The highest BCUT2D eigenvalue weighted by molar-refractivity contribution is 5.61. The van der Waals surface area contributed by atoms with Gasteiger partial charge in [0.2, 0.25) is 0 Å². The smallest absolute Gasteiger partial charge is 0.103 e. The van der Waals surface area contributed by atoms with Crippen molar-refractivity contribution in [3.05, 3.63) is 23.0 Å². The lowest BCUT2D eigenvalue weighted by atomic mass is 10.0. The molecule has 2 aliphatic rings. The highest BCUT2D eigenvalue weighted by Gasteiger charge is 2.28. The van der Waals surface area contributed by atoms with Crippen molar-refractivity contribution in [2.24, 2.45) is 0 Å². The van der Waals surface area contributed by atoms with Crippen LogP contribution in [0.4, 0.5) is 5.69 Å². The Hall–Kier alpha value is -1.60. The maximum atomic E-state index is 9.37. The van der Waals surface area contributed by atoms with Gasteiger partial charge in [-0.3, -0.25) is 4.98 Å². The number of nitriles is 1. The van der Waals surface area contributed by atoms with Gasteiger partial charge >= 0.3 is 0 Å². The van der Waals surface area contributed by atoms with E-state index in [0.717, 1.165) is 41.8 Å². The molecule has 1 N–H and O–H groups in total. The molecular formula is C16H22N4. The Balaban J connectivity index is 1.72. The van der Waals surface area contributed by atoms with E-state index in [1.165, 1.54) is 25.7 Å². The second kappa shape index (κ2) is 5.41. The largest absolute Gasteiger partial charge is 0.370 e. The molecule has 0 atom stereocenters. The first-order valence-electron chi connectivity index (χ1n) is 7.56. The molecule has 3 rings (SSSR count). The molecule has 1 saturated carbocycles. The quantitative estimate of drug-likeness (QED) is 0.915. The van der Waals surface area contributed by atoms with E-state index in [2.05, 4.69) is 27.3 Å². The van der Waals surface area contributed by atoms with Crippen LogP contribution in [0.1, 0.15) is 42.6 Å². The Kier molecular flexibility index (Phi) is 3.62. The van der Waals surface area contributed by atoms with Gasteiger partial charge in [-0.25, -0.2) is 0 Å². The van der Waals surface area contributed by atoms with Gasteiger partial charge in [-0.05, 0) is 45.6 Å².